The highest BCUT2D eigenvalue weighted by molar-refractivity contribution is 5.88. The van der Waals surface area contributed by atoms with Crippen molar-refractivity contribution in [3.8, 4) is 0 Å². The number of hydrogen-bond donors (Lipinski definition) is 1. The van der Waals surface area contributed by atoms with Crippen LogP contribution in [0.1, 0.15) is 30.6 Å². The van der Waals surface area contributed by atoms with Crippen molar-refractivity contribution in [2.24, 2.45) is 0 Å². The first kappa shape index (κ1) is 14.6. The van der Waals surface area contributed by atoms with E-state index < -0.39 is 0 Å². The topological polar surface area (TPSA) is 62.6 Å². The van der Waals surface area contributed by atoms with Crippen molar-refractivity contribution in [2.75, 3.05) is 7.05 Å². The van der Waals surface area contributed by atoms with Gasteiger partial charge in [-0.2, -0.15) is 0 Å². The van der Waals surface area contributed by atoms with E-state index in [4.69, 9.17) is 4.42 Å². The number of carbonyl (C=O) groups is 2. The number of fused-ring (bicyclic) bond motifs is 1. The van der Waals surface area contributed by atoms with Crippen LogP contribution in [0.25, 0.3) is 11.0 Å². The molecule has 1 aromatic carbocycles. The van der Waals surface area contributed by atoms with Gasteiger partial charge in [0.1, 0.15) is 17.4 Å². The summed E-state index contributed by atoms with van der Waals surface area (Å²) in [5.41, 5.74) is 1.99. The zero-order valence-electron chi connectivity index (χ0n) is 12.9. The second-order valence-electron chi connectivity index (χ2n) is 5.88. The maximum Gasteiger partial charge on any atom is 0.243 e. The number of nitrogens with zero attached hydrogens (tertiary/aromatic N) is 1. The van der Waals surface area contributed by atoms with Crippen LogP contribution in [0.15, 0.2) is 28.7 Å². The molecule has 22 heavy (non-hydrogen) atoms. The van der Waals surface area contributed by atoms with Crippen LogP contribution in [0.5, 0.6) is 0 Å². The van der Waals surface area contributed by atoms with Gasteiger partial charge >= 0.3 is 0 Å². The standard InChI is InChI=1S/C17H20N2O3/c1-11-6-7-15-12(8-11)9-13(22-15)10-18-17(21)14-4-3-5-16(20)19(14)2/h6-9,14H,3-5,10H2,1-2H3,(H,18,21). The molecule has 0 radical (unpaired) electrons. The second kappa shape index (κ2) is 5.83. The van der Waals surface area contributed by atoms with Gasteiger partial charge in [0.05, 0.1) is 6.54 Å². The average Bonchev–Trinajstić information content (AvgIpc) is 2.89. The Bertz CT molecular complexity index is 720. The molecular formula is C17H20N2O3. The van der Waals surface area contributed by atoms with E-state index in [1.807, 2.05) is 25.1 Å². The molecule has 1 saturated heterocycles. The number of nitrogens with one attached hydrogen (secondary N) is 1. The smallest absolute Gasteiger partial charge is 0.243 e. The zero-order chi connectivity index (χ0) is 15.7. The lowest BCUT2D eigenvalue weighted by Gasteiger charge is -2.31. The third-order valence-corrected chi connectivity index (χ3v) is 4.19. The van der Waals surface area contributed by atoms with Crippen LogP contribution in [-0.2, 0) is 16.1 Å². The minimum atomic E-state index is -0.368. The molecule has 2 aromatic rings. The zero-order valence-corrected chi connectivity index (χ0v) is 12.9. The number of likely N-dealkylation sites (N-methyl/N-ethyl adjacent to an activating group) is 1. The van der Waals surface area contributed by atoms with E-state index in [0.717, 1.165) is 23.2 Å². The minimum Gasteiger partial charge on any atom is -0.459 e. The maximum absolute atomic E-state index is 12.3. The van der Waals surface area contributed by atoms with E-state index >= 15 is 0 Å². The second-order valence-corrected chi connectivity index (χ2v) is 5.88. The number of rotatable bonds is 3. The molecule has 1 aliphatic heterocycles. The molecule has 5 heteroatoms. The Labute approximate surface area is 129 Å². The molecule has 1 fully saturated rings. The lowest BCUT2D eigenvalue weighted by molar-refractivity contribution is -0.142. The van der Waals surface area contributed by atoms with Crippen LogP contribution in [0.2, 0.25) is 0 Å². The molecule has 2 amide bonds. The SMILES string of the molecule is Cc1ccc2oc(CNC(=O)C3CCCC(=O)N3C)cc2c1. The van der Waals surface area contributed by atoms with Gasteiger partial charge < -0.3 is 14.6 Å². The highest BCUT2D eigenvalue weighted by Gasteiger charge is 2.30. The fourth-order valence-corrected chi connectivity index (χ4v) is 2.89. The normalized spacial score (nSPS) is 18.7. The van der Waals surface area contributed by atoms with Gasteiger partial charge in [0.15, 0.2) is 0 Å². The molecule has 1 N–H and O–H groups in total. The van der Waals surface area contributed by atoms with Crippen molar-refractivity contribution in [1.82, 2.24) is 10.2 Å². The van der Waals surface area contributed by atoms with E-state index in [9.17, 15) is 9.59 Å². The number of benzene rings is 1. The summed E-state index contributed by atoms with van der Waals surface area (Å²) in [6.07, 6.45) is 2.02. The molecule has 1 aromatic heterocycles. The third-order valence-electron chi connectivity index (χ3n) is 4.19. The monoisotopic (exact) mass is 300 g/mol. The molecule has 0 saturated carbocycles. The fourth-order valence-electron chi connectivity index (χ4n) is 2.89. The summed E-state index contributed by atoms with van der Waals surface area (Å²) in [6.45, 7) is 2.37. The minimum absolute atomic E-state index is 0.0330. The van der Waals surface area contributed by atoms with Crippen LogP contribution >= 0.6 is 0 Å². The van der Waals surface area contributed by atoms with E-state index in [2.05, 4.69) is 11.4 Å². The Morgan fingerprint density at radius 2 is 2.23 bits per heavy atom. The summed E-state index contributed by atoms with van der Waals surface area (Å²) in [7, 11) is 1.69. The Balaban J connectivity index is 1.65. The van der Waals surface area contributed by atoms with Crippen molar-refractivity contribution in [1.29, 1.82) is 0 Å². The van der Waals surface area contributed by atoms with Gasteiger partial charge in [0.25, 0.3) is 0 Å². The molecule has 0 spiro atoms. The summed E-state index contributed by atoms with van der Waals surface area (Å²) in [5.74, 6) is 0.636. The van der Waals surface area contributed by atoms with Crippen molar-refractivity contribution in [2.45, 2.75) is 38.8 Å². The number of hydrogen-bond acceptors (Lipinski definition) is 3. The number of furan rings is 1. The summed E-state index contributed by atoms with van der Waals surface area (Å²) in [5, 5.41) is 3.90. The average molecular weight is 300 g/mol. The summed E-state index contributed by atoms with van der Waals surface area (Å²) in [6, 6.07) is 7.56. The molecule has 116 valence electrons. The van der Waals surface area contributed by atoms with Gasteiger partial charge in [-0.3, -0.25) is 9.59 Å². The van der Waals surface area contributed by atoms with Gasteiger partial charge in [-0.05, 0) is 38.0 Å². The van der Waals surface area contributed by atoms with E-state index in [-0.39, 0.29) is 17.9 Å². The first-order chi connectivity index (χ1) is 10.5. The maximum atomic E-state index is 12.3. The Kier molecular flexibility index (Phi) is 3.88. The molecular weight excluding hydrogens is 280 g/mol. The first-order valence-corrected chi connectivity index (χ1v) is 7.57. The quantitative estimate of drug-likeness (QED) is 0.946. The van der Waals surface area contributed by atoms with E-state index in [1.165, 1.54) is 5.56 Å². The third kappa shape index (κ3) is 2.84. The van der Waals surface area contributed by atoms with Crippen molar-refractivity contribution in [3.05, 3.63) is 35.6 Å². The van der Waals surface area contributed by atoms with Crippen molar-refractivity contribution < 1.29 is 14.0 Å². The van der Waals surface area contributed by atoms with Gasteiger partial charge in [-0.15, -0.1) is 0 Å². The van der Waals surface area contributed by atoms with Crippen LogP contribution in [0, 0.1) is 6.92 Å². The summed E-state index contributed by atoms with van der Waals surface area (Å²) in [4.78, 5) is 25.5. The molecule has 1 aliphatic rings. The fraction of sp³-hybridized carbons (Fsp3) is 0.412. The molecule has 1 atom stereocenters. The van der Waals surface area contributed by atoms with Crippen LogP contribution in [0.3, 0.4) is 0 Å². The lowest BCUT2D eigenvalue weighted by Crippen LogP contribution is -2.49. The number of likely N-dealkylation sites (tertiary alicyclic amines) is 1. The Hall–Kier alpha value is -2.30. The van der Waals surface area contributed by atoms with Gasteiger partial charge in [-0.1, -0.05) is 11.6 Å². The number of piperidine rings is 1. The molecule has 0 bridgehead atoms. The van der Waals surface area contributed by atoms with Crippen LogP contribution in [0.4, 0.5) is 0 Å². The Morgan fingerprint density at radius 3 is 3.05 bits per heavy atom. The van der Waals surface area contributed by atoms with E-state index in [1.54, 1.807) is 11.9 Å². The number of amides is 2. The Morgan fingerprint density at radius 1 is 1.41 bits per heavy atom. The predicted octanol–water partition coefficient (Wildman–Crippen LogP) is 2.37. The van der Waals surface area contributed by atoms with Crippen LogP contribution < -0.4 is 5.32 Å². The summed E-state index contributed by atoms with van der Waals surface area (Å²) >= 11 is 0. The molecule has 0 aliphatic carbocycles. The van der Waals surface area contributed by atoms with Gasteiger partial charge in [0.2, 0.25) is 11.8 Å². The molecule has 5 nitrogen and oxygen atoms in total. The van der Waals surface area contributed by atoms with Gasteiger partial charge in [0, 0.05) is 18.9 Å². The molecule has 1 unspecified atom stereocenters. The van der Waals surface area contributed by atoms with Gasteiger partial charge in [-0.25, -0.2) is 0 Å². The molecule has 3 rings (SSSR count). The van der Waals surface area contributed by atoms with Crippen LogP contribution in [-0.4, -0.2) is 29.8 Å². The number of carbonyl (C=O) groups excluding carboxylic acids is 2. The summed E-state index contributed by atoms with van der Waals surface area (Å²) < 4.78 is 5.71. The first-order valence-electron chi connectivity index (χ1n) is 7.57. The van der Waals surface area contributed by atoms with Crippen molar-refractivity contribution >= 4 is 22.8 Å². The largest absolute Gasteiger partial charge is 0.459 e. The highest BCUT2D eigenvalue weighted by atomic mass is 16.3. The predicted molar refractivity (Wildman–Crippen MR) is 83.2 cm³/mol. The molecule has 2 heterocycles. The van der Waals surface area contributed by atoms with Crippen molar-refractivity contribution in [3.63, 3.8) is 0 Å². The highest BCUT2D eigenvalue weighted by Crippen LogP contribution is 2.21. The lowest BCUT2D eigenvalue weighted by atomic mass is 10.0. The number of aryl methyl sites for hydroxylation is 1. The van der Waals surface area contributed by atoms with E-state index in [0.29, 0.717) is 19.4 Å².